The fourth-order valence-electron chi connectivity index (χ4n) is 2.16. The summed E-state index contributed by atoms with van der Waals surface area (Å²) in [5.74, 6) is -0.235. The molecule has 0 heterocycles. The Kier molecular flexibility index (Phi) is 4.50. The molecule has 1 aliphatic carbocycles. The van der Waals surface area contributed by atoms with Crippen molar-refractivity contribution in [2.24, 2.45) is 4.99 Å². The second-order valence-corrected chi connectivity index (χ2v) is 4.06. The molecule has 15 heavy (non-hydrogen) atoms. The van der Waals surface area contributed by atoms with Gasteiger partial charge in [0.25, 0.3) is 0 Å². The molecule has 84 valence electrons. The van der Waals surface area contributed by atoms with E-state index < -0.39 is 0 Å². The summed E-state index contributed by atoms with van der Waals surface area (Å²) in [4.78, 5) is 25.3. The Hall–Kier alpha value is -1.15. The van der Waals surface area contributed by atoms with E-state index in [-0.39, 0.29) is 11.5 Å². The van der Waals surface area contributed by atoms with Crippen molar-refractivity contribution in [2.75, 3.05) is 7.11 Å². The summed E-state index contributed by atoms with van der Waals surface area (Å²) < 4.78 is 4.59. The highest BCUT2D eigenvalue weighted by molar-refractivity contribution is 5.69. The zero-order valence-electron chi connectivity index (χ0n) is 9.12. The van der Waals surface area contributed by atoms with Crippen LogP contribution in [0.25, 0.3) is 0 Å². The Balaban J connectivity index is 2.56. The van der Waals surface area contributed by atoms with Crippen molar-refractivity contribution >= 4 is 12.0 Å². The van der Waals surface area contributed by atoms with Crippen molar-refractivity contribution < 1.29 is 14.3 Å². The first-order chi connectivity index (χ1) is 7.22. The highest BCUT2D eigenvalue weighted by Crippen LogP contribution is 2.35. The third-order valence-corrected chi connectivity index (χ3v) is 3.09. The largest absolute Gasteiger partial charge is 0.469 e. The highest BCUT2D eigenvalue weighted by atomic mass is 16.5. The molecule has 1 fully saturated rings. The average molecular weight is 211 g/mol. The van der Waals surface area contributed by atoms with E-state index in [0.29, 0.717) is 12.8 Å². The number of nitrogens with zero attached hydrogens (tertiary/aromatic N) is 1. The number of aliphatic imine (C=N–C) groups is 1. The lowest BCUT2D eigenvalue weighted by Gasteiger charge is -2.31. The Morgan fingerprint density at radius 2 is 2.07 bits per heavy atom. The minimum atomic E-state index is -0.339. The quantitative estimate of drug-likeness (QED) is 0.406. The van der Waals surface area contributed by atoms with E-state index in [4.69, 9.17) is 0 Å². The average Bonchev–Trinajstić information content (AvgIpc) is 2.28. The molecule has 0 spiro atoms. The first-order valence-electron chi connectivity index (χ1n) is 5.38. The molecule has 4 nitrogen and oxygen atoms in total. The number of esters is 1. The van der Waals surface area contributed by atoms with Gasteiger partial charge < -0.3 is 4.74 Å². The van der Waals surface area contributed by atoms with Crippen molar-refractivity contribution in [2.45, 2.75) is 50.5 Å². The predicted octanol–water partition coefficient (Wildman–Crippen LogP) is 1.98. The second-order valence-electron chi connectivity index (χ2n) is 4.06. The van der Waals surface area contributed by atoms with E-state index in [9.17, 15) is 9.59 Å². The number of ether oxygens (including phenoxy) is 1. The molecule has 1 rings (SSSR count). The SMILES string of the molecule is COC(=O)CCC1(N=C=O)CCCCC1. The number of methoxy groups -OCH3 is 1. The molecule has 0 saturated heterocycles. The van der Waals surface area contributed by atoms with Crippen molar-refractivity contribution in [3.05, 3.63) is 0 Å². The van der Waals surface area contributed by atoms with Gasteiger partial charge in [0, 0.05) is 6.42 Å². The van der Waals surface area contributed by atoms with E-state index in [1.807, 2.05) is 0 Å². The molecule has 0 radical (unpaired) electrons. The summed E-state index contributed by atoms with van der Waals surface area (Å²) >= 11 is 0. The lowest BCUT2D eigenvalue weighted by Crippen LogP contribution is -2.30. The predicted molar refractivity (Wildman–Crippen MR) is 55.2 cm³/mol. The summed E-state index contributed by atoms with van der Waals surface area (Å²) in [5.41, 5.74) is -0.339. The van der Waals surface area contributed by atoms with Crippen LogP contribution in [-0.4, -0.2) is 24.7 Å². The fraction of sp³-hybridized carbons (Fsp3) is 0.818. The molecule has 0 unspecified atom stereocenters. The summed E-state index contributed by atoms with van der Waals surface area (Å²) in [6.45, 7) is 0. The van der Waals surface area contributed by atoms with Crippen LogP contribution in [0.5, 0.6) is 0 Å². The molecule has 0 aliphatic heterocycles. The van der Waals surface area contributed by atoms with Gasteiger partial charge >= 0.3 is 5.97 Å². The topological polar surface area (TPSA) is 55.7 Å². The number of isocyanates is 1. The van der Waals surface area contributed by atoms with E-state index >= 15 is 0 Å². The molecule has 0 aromatic carbocycles. The molecule has 4 heteroatoms. The molecule has 0 N–H and O–H groups in total. The van der Waals surface area contributed by atoms with E-state index in [1.165, 1.54) is 13.5 Å². The number of rotatable bonds is 4. The van der Waals surface area contributed by atoms with Crippen LogP contribution in [0.15, 0.2) is 4.99 Å². The minimum Gasteiger partial charge on any atom is -0.469 e. The van der Waals surface area contributed by atoms with Gasteiger partial charge in [-0.25, -0.2) is 4.79 Å². The van der Waals surface area contributed by atoms with Crippen LogP contribution < -0.4 is 0 Å². The molecule has 1 aliphatic rings. The van der Waals surface area contributed by atoms with E-state index in [1.54, 1.807) is 6.08 Å². The number of hydrogen-bond acceptors (Lipinski definition) is 4. The molecule has 1 saturated carbocycles. The molecule has 0 atom stereocenters. The van der Waals surface area contributed by atoms with Gasteiger partial charge in [0.15, 0.2) is 0 Å². The van der Waals surface area contributed by atoms with Gasteiger partial charge in [0.05, 0.1) is 12.6 Å². The second kappa shape index (κ2) is 5.66. The summed E-state index contributed by atoms with van der Waals surface area (Å²) in [6, 6.07) is 0. The molecular formula is C11H17NO3. The van der Waals surface area contributed by atoms with Crippen LogP contribution in [0.3, 0.4) is 0 Å². The maximum absolute atomic E-state index is 11.0. The van der Waals surface area contributed by atoms with Gasteiger partial charge in [-0.1, -0.05) is 19.3 Å². The molecule has 0 aromatic rings. The van der Waals surface area contributed by atoms with Crippen LogP contribution in [-0.2, 0) is 14.3 Å². The normalized spacial score (nSPS) is 19.0. The maximum Gasteiger partial charge on any atom is 0.305 e. The Bertz CT molecular complexity index is 263. The summed E-state index contributed by atoms with van der Waals surface area (Å²) in [6.07, 6.45) is 7.70. The zero-order valence-corrected chi connectivity index (χ0v) is 9.12. The maximum atomic E-state index is 11.0. The Labute approximate surface area is 89.7 Å². The summed E-state index contributed by atoms with van der Waals surface area (Å²) in [7, 11) is 1.37. The third-order valence-electron chi connectivity index (χ3n) is 3.09. The van der Waals surface area contributed by atoms with E-state index in [0.717, 1.165) is 25.7 Å². The van der Waals surface area contributed by atoms with Crippen molar-refractivity contribution in [1.82, 2.24) is 0 Å². The number of hydrogen-bond donors (Lipinski definition) is 0. The van der Waals surface area contributed by atoms with Crippen LogP contribution in [0, 0.1) is 0 Å². The standard InChI is InChI=1S/C11H17NO3/c1-15-10(14)5-8-11(12-9-13)6-3-2-4-7-11/h2-8H2,1H3. The van der Waals surface area contributed by atoms with Crippen molar-refractivity contribution in [3.8, 4) is 0 Å². The van der Waals surface area contributed by atoms with Gasteiger partial charge in [-0.3, -0.25) is 4.79 Å². The van der Waals surface area contributed by atoms with Crippen LogP contribution in [0.2, 0.25) is 0 Å². The lowest BCUT2D eigenvalue weighted by molar-refractivity contribution is -0.141. The minimum absolute atomic E-state index is 0.235. The molecule has 0 bridgehead atoms. The van der Waals surface area contributed by atoms with Gasteiger partial charge in [-0.2, -0.15) is 4.99 Å². The smallest absolute Gasteiger partial charge is 0.305 e. The summed E-state index contributed by atoms with van der Waals surface area (Å²) in [5, 5.41) is 0. The Morgan fingerprint density at radius 3 is 2.60 bits per heavy atom. The molecule has 0 aromatic heterocycles. The lowest BCUT2D eigenvalue weighted by atomic mass is 9.79. The number of carbonyl (C=O) groups is 1. The van der Waals surface area contributed by atoms with Gasteiger partial charge in [0.2, 0.25) is 6.08 Å². The molecular weight excluding hydrogens is 194 g/mol. The van der Waals surface area contributed by atoms with Gasteiger partial charge in [0.1, 0.15) is 0 Å². The van der Waals surface area contributed by atoms with E-state index in [2.05, 4.69) is 9.73 Å². The monoisotopic (exact) mass is 211 g/mol. The fourth-order valence-corrected chi connectivity index (χ4v) is 2.16. The van der Waals surface area contributed by atoms with Crippen molar-refractivity contribution in [3.63, 3.8) is 0 Å². The van der Waals surface area contributed by atoms with Gasteiger partial charge in [-0.15, -0.1) is 0 Å². The zero-order chi connectivity index (χ0) is 11.1. The van der Waals surface area contributed by atoms with Crippen LogP contribution in [0.4, 0.5) is 0 Å². The first-order valence-corrected chi connectivity index (χ1v) is 5.38. The van der Waals surface area contributed by atoms with Crippen molar-refractivity contribution in [1.29, 1.82) is 0 Å². The van der Waals surface area contributed by atoms with Crippen LogP contribution >= 0.6 is 0 Å². The third kappa shape index (κ3) is 3.48. The highest BCUT2D eigenvalue weighted by Gasteiger charge is 2.32. The molecule has 0 amide bonds. The number of carbonyl (C=O) groups excluding carboxylic acids is 2. The van der Waals surface area contributed by atoms with Crippen LogP contribution in [0.1, 0.15) is 44.9 Å². The van der Waals surface area contributed by atoms with Gasteiger partial charge in [-0.05, 0) is 19.3 Å². The first kappa shape index (κ1) is 11.9. The Morgan fingerprint density at radius 1 is 1.40 bits per heavy atom.